The zero-order valence-corrected chi connectivity index (χ0v) is 11.8. The van der Waals surface area contributed by atoms with Crippen LogP contribution in [0, 0.1) is 0 Å². The van der Waals surface area contributed by atoms with Gasteiger partial charge in [-0.1, -0.05) is 6.07 Å². The highest BCUT2D eigenvalue weighted by Gasteiger charge is 2.16. The summed E-state index contributed by atoms with van der Waals surface area (Å²) < 4.78 is 15.4. The molecule has 0 heterocycles. The minimum absolute atomic E-state index is 0.0498. The normalized spacial score (nSPS) is 10.2. The number of ether oxygens (including phenoxy) is 3. The molecule has 0 aliphatic heterocycles. The van der Waals surface area contributed by atoms with Gasteiger partial charge in [0.1, 0.15) is 0 Å². The maximum atomic E-state index is 12.5. The lowest BCUT2D eigenvalue weighted by Crippen LogP contribution is -2.05. The molecule has 2 aromatic carbocycles. The lowest BCUT2D eigenvalue weighted by atomic mass is 10.1. The predicted octanol–water partition coefficient (Wildman–Crippen LogP) is 1.92. The summed E-state index contributed by atoms with van der Waals surface area (Å²) in [5.74, 6) is -0.605. The van der Waals surface area contributed by atoms with Crippen molar-refractivity contribution in [2.75, 3.05) is 21.3 Å². The van der Waals surface area contributed by atoms with Crippen molar-refractivity contribution in [1.82, 2.24) is 0 Å². The molecule has 6 nitrogen and oxygen atoms in total. The molecule has 0 saturated carbocycles. The third-order valence-electron chi connectivity index (χ3n) is 3.09. The molecule has 2 aromatic rings. The lowest BCUT2D eigenvalue weighted by Gasteiger charge is -2.08. The summed E-state index contributed by atoms with van der Waals surface area (Å²) in [6, 6.07) is 5.79. The summed E-state index contributed by atoms with van der Waals surface area (Å²) >= 11 is 0. The maximum absolute atomic E-state index is 12.5. The number of fused-ring (bicyclic) bond motifs is 1. The fourth-order valence-electron chi connectivity index (χ4n) is 2.11. The monoisotopic (exact) mass is 290 g/mol. The second kappa shape index (κ2) is 5.70. The maximum Gasteiger partial charge on any atom is 0.335 e. The zero-order chi connectivity index (χ0) is 15.6. The molecule has 0 saturated heterocycles. The Morgan fingerprint density at radius 3 is 2.19 bits per heavy atom. The van der Waals surface area contributed by atoms with Gasteiger partial charge in [0.15, 0.2) is 17.2 Å². The number of carbonyl (C=O) groups is 1. The van der Waals surface area contributed by atoms with Crippen molar-refractivity contribution in [2.24, 2.45) is 0 Å². The fraction of sp³-hybridized carbons (Fsp3) is 0.200. The average molecular weight is 290 g/mol. The summed E-state index contributed by atoms with van der Waals surface area (Å²) in [6.45, 7) is 0. The quantitative estimate of drug-likeness (QED) is 0.926. The van der Waals surface area contributed by atoms with Gasteiger partial charge < -0.3 is 19.3 Å². The molecule has 0 aromatic heterocycles. The predicted molar refractivity (Wildman–Crippen MR) is 76.8 cm³/mol. The van der Waals surface area contributed by atoms with E-state index < -0.39 is 11.4 Å². The van der Waals surface area contributed by atoms with Gasteiger partial charge in [-0.2, -0.15) is 0 Å². The van der Waals surface area contributed by atoms with Crippen molar-refractivity contribution >= 4 is 16.7 Å². The van der Waals surface area contributed by atoms with Crippen LogP contribution in [0.1, 0.15) is 10.4 Å². The second-order valence-electron chi connectivity index (χ2n) is 4.21. The van der Waals surface area contributed by atoms with Crippen LogP contribution >= 0.6 is 0 Å². The zero-order valence-electron chi connectivity index (χ0n) is 11.8. The Kier molecular flexibility index (Phi) is 3.98. The van der Waals surface area contributed by atoms with Crippen LogP contribution in [0.4, 0.5) is 0 Å². The summed E-state index contributed by atoms with van der Waals surface area (Å²) in [4.78, 5) is 23.8. The molecule has 0 radical (unpaired) electrons. The third-order valence-corrected chi connectivity index (χ3v) is 3.09. The van der Waals surface area contributed by atoms with Crippen LogP contribution in [0.2, 0.25) is 0 Å². The number of carboxylic acids is 1. The first kappa shape index (κ1) is 14.6. The van der Waals surface area contributed by atoms with Gasteiger partial charge in [-0.25, -0.2) is 4.79 Å². The minimum atomic E-state index is -1.15. The van der Waals surface area contributed by atoms with Crippen LogP contribution in [-0.4, -0.2) is 32.4 Å². The smallest absolute Gasteiger partial charge is 0.335 e. The summed E-state index contributed by atoms with van der Waals surface area (Å²) in [5, 5.41) is 9.82. The summed E-state index contributed by atoms with van der Waals surface area (Å²) in [7, 11) is 4.17. The van der Waals surface area contributed by atoms with Gasteiger partial charge in [0, 0.05) is 0 Å². The van der Waals surface area contributed by atoms with E-state index in [1.54, 1.807) is 12.1 Å². The van der Waals surface area contributed by atoms with E-state index in [9.17, 15) is 14.7 Å². The van der Waals surface area contributed by atoms with Crippen molar-refractivity contribution in [2.45, 2.75) is 0 Å². The Hall–Kier alpha value is -2.76. The molecule has 0 amide bonds. The van der Waals surface area contributed by atoms with Gasteiger partial charge in [0.25, 0.3) is 0 Å². The Bertz CT molecular complexity index is 766. The molecule has 0 fully saturated rings. The summed E-state index contributed by atoms with van der Waals surface area (Å²) in [5.41, 5.74) is -0.512. The van der Waals surface area contributed by atoms with Crippen LogP contribution in [0.25, 0.3) is 10.8 Å². The lowest BCUT2D eigenvalue weighted by molar-refractivity contribution is 0.0696. The molecule has 6 heteroatoms. The molecule has 0 aliphatic rings. The van der Waals surface area contributed by atoms with Crippen molar-refractivity contribution in [1.29, 1.82) is 0 Å². The first-order valence-corrected chi connectivity index (χ1v) is 6.03. The second-order valence-corrected chi connectivity index (χ2v) is 4.21. The van der Waals surface area contributed by atoms with E-state index in [2.05, 4.69) is 0 Å². The highest BCUT2D eigenvalue weighted by atomic mass is 16.5. The third kappa shape index (κ3) is 2.47. The van der Waals surface area contributed by atoms with E-state index in [0.29, 0.717) is 11.1 Å². The number of rotatable bonds is 4. The van der Waals surface area contributed by atoms with Gasteiger partial charge in [-0.15, -0.1) is 0 Å². The number of benzene rings is 1. The van der Waals surface area contributed by atoms with Crippen molar-refractivity contribution < 1.29 is 24.1 Å². The van der Waals surface area contributed by atoms with E-state index in [4.69, 9.17) is 14.2 Å². The molecular weight excluding hydrogens is 276 g/mol. The molecule has 0 unspecified atom stereocenters. The summed E-state index contributed by atoms with van der Waals surface area (Å²) in [6.07, 6.45) is 0. The van der Waals surface area contributed by atoms with Crippen LogP contribution in [-0.2, 0) is 0 Å². The standard InChI is InChI=1S/C15H14O6/c1-19-10-5-4-8-6-9(15(17)18)7-11(20-2)13(16)12(8)14(10)21-3/h4-7H,1-3H3,(H,17,18). The highest BCUT2D eigenvalue weighted by molar-refractivity contribution is 5.96. The number of carboxylic acid groups (broad SMARTS) is 1. The van der Waals surface area contributed by atoms with E-state index in [1.807, 2.05) is 0 Å². The first-order valence-electron chi connectivity index (χ1n) is 6.03. The van der Waals surface area contributed by atoms with Gasteiger partial charge in [0.2, 0.25) is 5.43 Å². The van der Waals surface area contributed by atoms with E-state index in [-0.39, 0.29) is 22.4 Å². The van der Waals surface area contributed by atoms with Gasteiger partial charge in [-0.05, 0) is 23.6 Å². The van der Waals surface area contributed by atoms with Crippen LogP contribution in [0.15, 0.2) is 29.1 Å². The first-order chi connectivity index (χ1) is 10.0. The van der Waals surface area contributed by atoms with Gasteiger partial charge in [0.05, 0.1) is 32.3 Å². The van der Waals surface area contributed by atoms with Crippen molar-refractivity contribution in [3.8, 4) is 17.2 Å². The van der Waals surface area contributed by atoms with Crippen LogP contribution in [0.3, 0.4) is 0 Å². The largest absolute Gasteiger partial charge is 0.493 e. The topological polar surface area (TPSA) is 82.1 Å². The molecule has 0 aliphatic carbocycles. The molecule has 110 valence electrons. The number of hydrogen-bond acceptors (Lipinski definition) is 5. The molecular formula is C15H14O6. The minimum Gasteiger partial charge on any atom is -0.493 e. The SMILES string of the molecule is COc1ccc2cc(C(=O)O)cc(OC)c(=O)c2c1OC. The molecule has 0 spiro atoms. The Balaban J connectivity index is 3.05. The van der Waals surface area contributed by atoms with E-state index in [0.717, 1.165) is 0 Å². The van der Waals surface area contributed by atoms with E-state index in [1.165, 1.54) is 33.5 Å². The molecule has 2 rings (SSSR count). The fourth-order valence-corrected chi connectivity index (χ4v) is 2.11. The van der Waals surface area contributed by atoms with Gasteiger partial charge in [-0.3, -0.25) is 4.79 Å². The molecule has 21 heavy (non-hydrogen) atoms. The van der Waals surface area contributed by atoms with Crippen LogP contribution < -0.4 is 19.6 Å². The number of methoxy groups -OCH3 is 3. The number of hydrogen-bond donors (Lipinski definition) is 1. The van der Waals surface area contributed by atoms with E-state index >= 15 is 0 Å². The Labute approximate surface area is 120 Å². The molecule has 0 bridgehead atoms. The molecule has 1 N–H and O–H groups in total. The average Bonchev–Trinajstić information content (AvgIpc) is 2.63. The van der Waals surface area contributed by atoms with Gasteiger partial charge >= 0.3 is 5.97 Å². The molecule has 0 atom stereocenters. The van der Waals surface area contributed by atoms with Crippen molar-refractivity contribution in [3.63, 3.8) is 0 Å². The Morgan fingerprint density at radius 2 is 1.67 bits per heavy atom. The van der Waals surface area contributed by atoms with Crippen molar-refractivity contribution in [3.05, 3.63) is 40.1 Å². The highest BCUT2D eigenvalue weighted by Crippen LogP contribution is 2.34. The number of aromatic carboxylic acids is 1. The Morgan fingerprint density at radius 1 is 1.00 bits per heavy atom. The van der Waals surface area contributed by atoms with Crippen LogP contribution in [0.5, 0.6) is 17.2 Å².